The lowest BCUT2D eigenvalue weighted by molar-refractivity contribution is 0.102. The van der Waals surface area contributed by atoms with Crippen LogP contribution in [-0.4, -0.2) is 27.2 Å². The van der Waals surface area contributed by atoms with Gasteiger partial charge in [-0.1, -0.05) is 11.6 Å². The van der Waals surface area contributed by atoms with Gasteiger partial charge in [0.25, 0.3) is 5.91 Å². The molecule has 7 heteroatoms. The van der Waals surface area contributed by atoms with Crippen LogP contribution in [0.5, 0.6) is 0 Å². The molecule has 6 nitrogen and oxygen atoms in total. The van der Waals surface area contributed by atoms with E-state index in [-0.39, 0.29) is 11.1 Å². The largest absolute Gasteiger partial charge is 0.370 e. The second-order valence-electron chi connectivity index (χ2n) is 3.89. The molecule has 0 atom stereocenters. The van der Waals surface area contributed by atoms with Crippen LogP contribution in [0.1, 0.15) is 17.3 Å². The Morgan fingerprint density at radius 3 is 2.89 bits per heavy atom. The van der Waals surface area contributed by atoms with Gasteiger partial charge in [-0.2, -0.15) is 5.10 Å². The molecule has 1 amide bonds. The number of nitrogens with one attached hydrogen (secondary N) is 2. The topological polar surface area (TPSA) is 71.8 Å². The van der Waals surface area contributed by atoms with Gasteiger partial charge in [-0.25, -0.2) is 4.98 Å². The van der Waals surface area contributed by atoms with Crippen LogP contribution in [0.25, 0.3) is 0 Å². The van der Waals surface area contributed by atoms with Gasteiger partial charge in [0.1, 0.15) is 16.8 Å². The van der Waals surface area contributed by atoms with Crippen molar-refractivity contribution >= 4 is 29.1 Å². The minimum atomic E-state index is -0.257. The van der Waals surface area contributed by atoms with Crippen molar-refractivity contribution in [1.29, 1.82) is 0 Å². The van der Waals surface area contributed by atoms with E-state index in [2.05, 4.69) is 20.7 Å². The number of carbonyl (C=O) groups excluding carboxylic acids is 1. The Morgan fingerprint density at radius 1 is 1.47 bits per heavy atom. The van der Waals surface area contributed by atoms with E-state index in [0.29, 0.717) is 23.7 Å². The molecule has 2 rings (SSSR count). The van der Waals surface area contributed by atoms with Crippen LogP contribution in [0, 0.1) is 0 Å². The molecule has 2 aromatic rings. The third-order valence-electron chi connectivity index (χ3n) is 2.48. The second kappa shape index (κ2) is 5.71. The summed E-state index contributed by atoms with van der Waals surface area (Å²) < 4.78 is 1.58. The van der Waals surface area contributed by atoms with Crippen molar-refractivity contribution in [3.63, 3.8) is 0 Å². The van der Waals surface area contributed by atoms with Crippen LogP contribution < -0.4 is 10.6 Å². The van der Waals surface area contributed by atoms with Crippen LogP contribution in [0.15, 0.2) is 24.4 Å². The minimum absolute atomic E-state index is 0.257. The lowest BCUT2D eigenvalue weighted by atomic mass is 10.2. The Labute approximate surface area is 115 Å². The molecule has 0 saturated heterocycles. The quantitative estimate of drug-likeness (QED) is 0.841. The molecule has 0 aliphatic rings. The molecule has 0 radical (unpaired) electrons. The average Bonchev–Trinajstić information content (AvgIpc) is 2.75. The van der Waals surface area contributed by atoms with Gasteiger partial charge in [0.15, 0.2) is 0 Å². The number of anilines is 2. The summed E-state index contributed by atoms with van der Waals surface area (Å²) in [6, 6.07) is 4.89. The summed E-state index contributed by atoms with van der Waals surface area (Å²) in [5, 5.41) is 10.0. The lowest BCUT2D eigenvalue weighted by Crippen LogP contribution is -2.15. The number of aryl methyl sites for hydroxylation is 1. The van der Waals surface area contributed by atoms with Crippen molar-refractivity contribution in [1.82, 2.24) is 14.8 Å². The van der Waals surface area contributed by atoms with Gasteiger partial charge in [0.2, 0.25) is 0 Å². The first kappa shape index (κ1) is 13.4. The monoisotopic (exact) mass is 279 g/mol. The molecule has 2 aromatic heterocycles. The third kappa shape index (κ3) is 3.23. The lowest BCUT2D eigenvalue weighted by Gasteiger charge is -2.08. The fraction of sp³-hybridized carbons (Fsp3) is 0.250. The Kier molecular flexibility index (Phi) is 4.01. The maximum absolute atomic E-state index is 12.1. The molecule has 2 heterocycles. The van der Waals surface area contributed by atoms with Gasteiger partial charge < -0.3 is 10.6 Å². The molecule has 0 fully saturated rings. The van der Waals surface area contributed by atoms with Gasteiger partial charge >= 0.3 is 0 Å². The van der Waals surface area contributed by atoms with E-state index < -0.39 is 0 Å². The average molecular weight is 280 g/mol. The van der Waals surface area contributed by atoms with Crippen LogP contribution >= 0.6 is 11.6 Å². The van der Waals surface area contributed by atoms with Gasteiger partial charge in [0.05, 0.1) is 6.20 Å². The highest BCUT2D eigenvalue weighted by atomic mass is 35.5. The fourth-order valence-electron chi connectivity index (χ4n) is 1.58. The first-order chi connectivity index (χ1) is 9.10. The molecule has 0 saturated carbocycles. The number of pyridine rings is 1. The number of carbonyl (C=O) groups is 1. The maximum atomic E-state index is 12.1. The van der Waals surface area contributed by atoms with Crippen molar-refractivity contribution in [3.8, 4) is 0 Å². The van der Waals surface area contributed by atoms with Crippen molar-refractivity contribution in [2.75, 3.05) is 17.2 Å². The minimum Gasteiger partial charge on any atom is -0.370 e. The molecule has 2 N–H and O–H groups in total. The summed E-state index contributed by atoms with van der Waals surface area (Å²) >= 11 is 5.89. The zero-order valence-electron chi connectivity index (χ0n) is 10.6. The third-order valence-corrected chi connectivity index (χ3v) is 2.67. The van der Waals surface area contributed by atoms with Crippen molar-refractivity contribution in [2.45, 2.75) is 6.92 Å². The second-order valence-corrected chi connectivity index (χ2v) is 4.28. The van der Waals surface area contributed by atoms with E-state index in [1.165, 1.54) is 6.07 Å². The number of hydrogen-bond donors (Lipinski definition) is 2. The maximum Gasteiger partial charge on any atom is 0.257 e. The van der Waals surface area contributed by atoms with Crippen molar-refractivity contribution < 1.29 is 4.79 Å². The number of aromatic nitrogens is 3. The summed E-state index contributed by atoms with van der Waals surface area (Å²) in [5.41, 5.74) is 0.442. The number of rotatable bonds is 4. The molecule has 19 heavy (non-hydrogen) atoms. The van der Waals surface area contributed by atoms with Crippen LogP contribution in [-0.2, 0) is 7.05 Å². The molecule has 0 unspecified atom stereocenters. The Morgan fingerprint density at radius 2 is 2.26 bits per heavy atom. The molecule has 0 spiro atoms. The normalized spacial score (nSPS) is 10.3. The number of halogens is 1. The van der Waals surface area contributed by atoms with Crippen LogP contribution in [0.2, 0.25) is 5.15 Å². The number of nitrogens with zero attached hydrogens (tertiary/aromatic N) is 3. The molecular weight excluding hydrogens is 266 g/mol. The zero-order valence-corrected chi connectivity index (χ0v) is 11.4. The molecule has 0 aromatic carbocycles. The fourth-order valence-corrected chi connectivity index (χ4v) is 1.79. The summed E-state index contributed by atoms with van der Waals surface area (Å²) in [4.78, 5) is 16.2. The molecule has 100 valence electrons. The van der Waals surface area contributed by atoms with E-state index in [1.807, 2.05) is 6.92 Å². The summed E-state index contributed by atoms with van der Waals surface area (Å²) in [6.07, 6.45) is 1.61. The highest BCUT2D eigenvalue weighted by Crippen LogP contribution is 2.16. The summed E-state index contributed by atoms with van der Waals surface area (Å²) in [5.74, 6) is 0.931. The highest BCUT2D eigenvalue weighted by Gasteiger charge is 2.11. The van der Waals surface area contributed by atoms with Gasteiger partial charge in [0, 0.05) is 25.2 Å². The predicted octanol–water partition coefficient (Wildman–Crippen LogP) is 2.15. The first-order valence-electron chi connectivity index (χ1n) is 5.81. The van der Waals surface area contributed by atoms with Crippen LogP contribution in [0.3, 0.4) is 0 Å². The Balaban J connectivity index is 2.21. The van der Waals surface area contributed by atoms with Crippen molar-refractivity contribution in [2.24, 2.45) is 7.05 Å². The molecule has 0 aliphatic heterocycles. The smallest absolute Gasteiger partial charge is 0.257 e. The predicted molar refractivity (Wildman–Crippen MR) is 74.6 cm³/mol. The van der Waals surface area contributed by atoms with E-state index >= 15 is 0 Å². The highest BCUT2D eigenvalue weighted by molar-refractivity contribution is 6.30. The summed E-state index contributed by atoms with van der Waals surface area (Å²) in [6.45, 7) is 2.65. The van der Waals surface area contributed by atoms with Gasteiger partial charge in [-0.15, -0.1) is 0 Å². The standard InChI is InChI=1S/C12H14ClN5O/c1-3-14-10-7-8(6-9(13)16-10)12(19)17-11-4-5-15-18(11)2/h4-7H,3H2,1-2H3,(H,14,16)(H,17,19). The van der Waals surface area contributed by atoms with Gasteiger partial charge in [-0.3, -0.25) is 9.48 Å². The Bertz CT molecular complexity index is 596. The number of amides is 1. The van der Waals surface area contributed by atoms with E-state index in [1.54, 1.807) is 30.1 Å². The SMILES string of the molecule is CCNc1cc(C(=O)Nc2ccnn2C)cc(Cl)n1. The molecule has 0 bridgehead atoms. The van der Waals surface area contributed by atoms with Crippen molar-refractivity contribution in [3.05, 3.63) is 35.1 Å². The van der Waals surface area contributed by atoms with Gasteiger partial charge in [-0.05, 0) is 19.1 Å². The van der Waals surface area contributed by atoms with E-state index in [0.717, 1.165) is 0 Å². The molecule has 0 aliphatic carbocycles. The van der Waals surface area contributed by atoms with E-state index in [4.69, 9.17) is 11.6 Å². The summed E-state index contributed by atoms with van der Waals surface area (Å²) in [7, 11) is 1.75. The van der Waals surface area contributed by atoms with Crippen LogP contribution in [0.4, 0.5) is 11.6 Å². The first-order valence-corrected chi connectivity index (χ1v) is 6.18. The van der Waals surface area contributed by atoms with E-state index in [9.17, 15) is 4.79 Å². The molecular formula is C12H14ClN5O. The zero-order chi connectivity index (χ0) is 13.8. The Hall–Kier alpha value is -2.08. The number of hydrogen-bond acceptors (Lipinski definition) is 4.